The van der Waals surface area contributed by atoms with Crippen molar-refractivity contribution in [3.8, 4) is 0 Å². The predicted octanol–water partition coefficient (Wildman–Crippen LogP) is 0.339. The van der Waals surface area contributed by atoms with Gasteiger partial charge in [0.15, 0.2) is 0 Å². The third-order valence-corrected chi connectivity index (χ3v) is 4.42. The lowest BCUT2D eigenvalue weighted by molar-refractivity contribution is -0.272. The number of hydrogen-bond donors (Lipinski definition) is 3. The highest BCUT2D eigenvalue weighted by Gasteiger charge is 2.57. The maximum Gasteiger partial charge on any atom is 0.424 e. The molecule has 0 radical (unpaired) electrons. The zero-order chi connectivity index (χ0) is 16.4. The van der Waals surface area contributed by atoms with Crippen LogP contribution in [0, 0.1) is 0 Å². The first-order chi connectivity index (χ1) is 10.3. The highest BCUT2D eigenvalue weighted by atomic mass is 32.2. The van der Waals surface area contributed by atoms with Gasteiger partial charge >= 0.3 is 6.18 Å². The molecule has 1 aromatic rings. The summed E-state index contributed by atoms with van der Waals surface area (Å²) in [6.07, 6.45) is -3.08. The van der Waals surface area contributed by atoms with Crippen LogP contribution in [0.2, 0.25) is 0 Å². The molecule has 3 N–H and O–H groups in total. The molecule has 2 atom stereocenters. The van der Waals surface area contributed by atoms with Gasteiger partial charge in [0.2, 0.25) is 11.5 Å². The number of nitrogens with zero attached hydrogens (tertiary/aromatic N) is 2. The molecule has 0 aromatic carbocycles. The Morgan fingerprint density at radius 1 is 1.64 bits per heavy atom. The minimum Gasteiger partial charge on any atom is -0.374 e. The van der Waals surface area contributed by atoms with E-state index in [0.717, 1.165) is 4.57 Å². The van der Waals surface area contributed by atoms with E-state index in [9.17, 15) is 23.1 Å². The van der Waals surface area contributed by atoms with Crippen LogP contribution in [-0.2, 0) is 17.4 Å². The molecule has 22 heavy (non-hydrogen) atoms. The van der Waals surface area contributed by atoms with Crippen LogP contribution in [0.25, 0.3) is 0 Å². The molecule has 1 saturated heterocycles. The predicted molar refractivity (Wildman–Crippen MR) is 75.0 cm³/mol. The second-order valence-electron chi connectivity index (χ2n) is 5.03. The van der Waals surface area contributed by atoms with E-state index in [0.29, 0.717) is 11.6 Å². The van der Waals surface area contributed by atoms with Crippen LogP contribution >= 0.6 is 11.8 Å². The van der Waals surface area contributed by atoms with Gasteiger partial charge in [0.25, 0.3) is 0 Å². The summed E-state index contributed by atoms with van der Waals surface area (Å²) in [5.41, 5.74) is -3.10. The van der Waals surface area contributed by atoms with Gasteiger partial charge in [-0.15, -0.1) is 11.8 Å². The molecule has 1 aliphatic heterocycles. The van der Waals surface area contributed by atoms with E-state index in [4.69, 9.17) is 0 Å². The van der Waals surface area contributed by atoms with Gasteiger partial charge in [0, 0.05) is 44.0 Å². The van der Waals surface area contributed by atoms with Gasteiger partial charge in [-0.1, -0.05) is 0 Å². The quantitative estimate of drug-likeness (QED) is 0.722. The third-order valence-electron chi connectivity index (χ3n) is 3.48. The smallest absolute Gasteiger partial charge is 0.374 e. The lowest BCUT2D eigenvalue weighted by Crippen LogP contribution is -2.48. The van der Waals surface area contributed by atoms with Crippen molar-refractivity contribution in [2.45, 2.75) is 24.2 Å². The molecule has 124 valence electrons. The van der Waals surface area contributed by atoms with Crippen LogP contribution < -0.4 is 10.6 Å². The van der Waals surface area contributed by atoms with E-state index in [-0.39, 0.29) is 12.5 Å². The van der Waals surface area contributed by atoms with Crippen molar-refractivity contribution in [3.63, 3.8) is 0 Å². The zero-order valence-electron chi connectivity index (χ0n) is 11.9. The van der Waals surface area contributed by atoms with E-state index < -0.39 is 30.1 Å². The molecule has 2 heterocycles. The average molecular weight is 338 g/mol. The Bertz CT molecular complexity index is 531. The number of amides is 1. The van der Waals surface area contributed by atoms with E-state index in [2.05, 4.69) is 15.6 Å². The van der Waals surface area contributed by atoms with Crippen LogP contribution in [0.5, 0.6) is 0 Å². The number of aliphatic hydroxyl groups is 1. The molecule has 1 fully saturated rings. The number of hydrogen-bond acceptors (Lipinski definition) is 5. The summed E-state index contributed by atoms with van der Waals surface area (Å²) in [5.74, 6) is 0.352. The highest BCUT2D eigenvalue weighted by molar-refractivity contribution is 7.99. The Morgan fingerprint density at radius 3 is 2.86 bits per heavy atom. The number of carbonyl (C=O) groups is 1. The Hall–Kier alpha value is -1.26. The molecule has 1 aromatic heterocycles. The van der Waals surface area contributed by atoms with Crippen molar-refractivity contribution in [3.05, 3.63) is 18.2 Å². The van der Waals surface area contributed by atoms with Gasteiger partial charge in [0.05, 0.1) is 6.04 Å². The number of alkyl halides is 3. The van der Waals surface area contributed by atoms with Crippen LogP contribution in [0.3, 0.4) is 0 Å². The number of imidazole rings is 1. The second-order valence-corrected chi connectivity index (χ2v) is 6.06. The maximum atomic E-state index is 13.2. The Morgan fingerprint density at radius 2 is 2.36 bits per heavy atom. The summed E-state index contributed by atoms with van der Waals surface area (Å²) in [6, 6.07) is -0.405. The largest absolute Gasteiger partial charge is 0.424 e. The normalized spacial score (nSPS) is 21.6. The van der Waals surface area contributed by atoms with E-state index in [1.54, 1.807) is 0 Å². The van der Waals surface area contributed by atoms with Crippen molar-refractivity contribution in [1.29, 1.82) is 0 Å². The van der Waals surface area contributed by atoms with E-state index in [1.807, 2.05) is 0 Å². The molecule has 1 aliphatic rings. The standard InChI is InChI=1S/C12H17F3N4O2S/c1-19-5-4-17-10(19)11(21,12(13,14)15)2-3-16-9(20)8-6-22-7-18-8/h4-5,8,18,21H,2-3,6-7H2,1H3,(H,16,20)/t8-,11?/m1/s1. The molecule has 2 rings (SSSR count). The summed E-state index contributed by atoms with van der Waals surface area (Å²) in [4.78, 5) is 15.4. The summed E-state index contributed by atoms with van der Waals surface area (Å²) < 4.78 is 40.8. The van der Waals surface area contributed by atoms with E-state index >= 15 is 0 Å². The van der Waals surface area contributed by atoms with Crippen molar-refractivity contribution < 1.29 is 23.1 Å². The Kier molecular flexibility index (Phi) is 5.03. The summed E-state index contributed by atoms with van der Waals surface area (Å²) in [7, 11) is 1.37. The molecule has 0 bridgehead atoms. The minimum absolute atomic E-state index is 0.301. The molecule has 10 heteroatoms. The fourth-order valence-corrected chi connectivity index (χ4v) is 3.14. The lowest BCUT2D eigenvalue weighted by Gasteiger charge is -2.30. The van der Waals surface area contributed by atoms with Crippen molar-refractivity contribution in [2.75, 3.05) is 18.2 Å². The first-order valence-electron chi connectivity index (χ1n) is 6.61. The molecular weight excluding hydrogens is 321 g/mol. The Labute approximate surface area is 129 Å². The topological polar surface area (TPSA) is 79.2 Å². The number of rotatable bonds is 5. The zero-order valence-corrected chi connectivity index (χ0v) is 12.7. The van der Waals surface area contributed by atoms with Gasteiger partial charge in [0.1, 0.15) is 5.82 Å². The number of nitrogens with one attached hydrogen (secondary N) is 2. The molecule has 6 nitrogen and oxygen atoms in total. The van der Waals surface area contributed by atoms with Crippen LogP contribution in [0.1, 0.15) is 12.2 Å². The van der Waals surface area contributed by atoms with Gasteiger partial charge in [-0.2, -0.15) is 13.2 Å². The molecular formula is C12H17F3N4O2S. The van der Waals surface area contributed by atoms with Crippen molar-refractivity contribution in [1.82, 2.24) is 20.2 Å². The monoisotopic (exact) mass is 338 g/mol. The molecule has 0 saturated carbocycles. The summed E-state index contributed by atoms with van der Waals surface area (Å²) >= 11 is 1.54. The number of halogens is 3. The number of aromatic nitrogens is 2. The van der Waals surface area contributed by atoms with Crippen LogP contribution in [0.4, 0.5) is 13.2 Å². The fraction of sp³-hybridized carbons (Fsp3) is 0.667. The Balaban J connectivity index is 2.02. The second kappa shape index (κ2) is 6.47. The summed E-state index contributed by atoms with van der Waals surface area (Å²) in [5, 5.41) is 15.4. The molecule has 1 unspecified atom stereocenters. The SMILES string of the molecule is Cn1ccnc1C(O)(CCNC(=O)[C@H]1CSCN1)C(F)(F)F. The number of aryl methyl sites for hydroxylation is 1. The first kappa shape index (κ1) is 17.1. The third kappa shape index (κ3) is 3.39. The first-order valence-corrected chi connectivity index (χ1v) is 7.77. The van der Waals surface area contributed by atoms with E-state index in [1.165, 1.54) is 31.2 Å². The average Bonchev–Trinajstić information content (AvgIpc) is 3.07. The number of carbonyl (C=O) groups excluding carboxylic acids is 1. The molecule has 1 amide bonds. The summed E-state index contributed by atoms with van der Waals surface area (Å²) in [6.45, 7) is -0.301. The van der Waals surface area contributed by atoms with Crippen molar-refractivity contribution >= 4 is 17.7 Å². The van der Waals surface area contributed by atoms with Crippen molar-refractivity contribution in [2.24, 2.45) is 7.05 Å². The maximum absolute atomic E-state index is 13.2. The van der Waals surface area contributed by atoms with Crippen LogP contribution in [0.15, 0.2) is 12.4 Å². The lowest BCUT2D eigenvalue weighted by atomic mass is 9.97. The highest BCUT2D eigenvalue weighted by Crippen LogP contribution is 2.40. The fourth-order valence-electron chi connectivity index (χ4n) is 2.20. The number of thioether (sulfide) groups is 1. The molecule has 0 aliphatic carbocycles. The van der Waals surface area contributed by atoms with Gasteiger partial charge < -0.3 is 15.0 Å². The minimum atomic E-state index is -4.89. The van der Waals surface area contributed by atoms with Gasteiger partial charge in [-0.25, -0.2) is 4.98 Å². The molecule has 0 spiro atoms. The van der Waals surface area contributed by atoms with Gasteiger partial charge in [-0.05, 0) is 0 Å². The van der Waals surface area contributed by atoms with Crippen LogP contribution in [-0.4, -0.2) is 51.0 Å². The van der Waals surface area contributed by atoms with Gasteiger partial charge in [-0.3, -0.25) is 10.1 Å².